The molecule has 2 aliphatic rings. The molecule has 1 heterocycles. The maximum Gasteiger partial charge on any atom is 0.0645 e. The van der Waals surface area contributed by atoms with Crippen LogP contribution in [0.3, 0.4) is 0 Å². The van der Waals surface area contributed by atoms with Crippen LogP contribution in [0.1, 0.15) is 30.7 Å². The first-order chi connectivity index (χ1) is 9.70. The molecule has 4 heteroatoms. The maximum atomic E-state index is 6.19. The van der Waals surface area contributed by atoms with Gasteiger partial charge in [0.25, 0.3) is 0 Å². The van der Waals surface area contributed by atoms with Crippen molar-refractivity contribution >= 4 is 23.2 Å². The summed E-state index contributed by atoms with van der Waals surface area (Å²) >= 11 is 12.2. The minimum absolute atomic E-state index is 0.363. The standard InChI is InChI=1S/C16H21Cl2NO/c1-20-16(10-2-3-10)13-9-19-7-6-12(13)11-4-5-14(17)15(18)8-11/h4-5,8,10,12-13,16,19H,2-3,6-7,9H2,1H3/t12-,13+,16?/m1/s1. The van der Waals surface area contributed by atoms with Crippen LogP contribution in [-0.4, -0.2) is 26.3 Å². The van der Waals surface area contributed by atoms with Gasteiger partial charge < -0.3 is 10.1 Å². The average Bonchev–Trinajstić information content (AvgIpc) is 3.28. The molecule has 0 aromatic heterocycles. The van der Waals surface area contributed by atoms with Crippen molar-refractivity contribution in [1.29, 1.82) is 0 Å². The summed E-state index contributed by atoms with van der Waals surface area (Å²) in [5.41, 5.74) is 1.30. The number of methoxy groups -OCH3 is 1. The first-order valence-electron chi connectivity index (χ1n) is 7.39. The van der Waals surface area contributed by atoms with Crippen LogP contribution in [0, 0.1) is 11.8 Å². The summed E-state index contributed by atoms with van der Waals surface area (Å²) in [5.74, 6) is 1.78. The molecule has 1 N–H and O–H groups in total. The summed E-state index contributed by atoms with van der Waals surface area (Å²) in [6.07, 6.45) is 4.11. The van der Waals surface area contributed by atoms with E-state index in [2.05, 4.69) is 11.4 Å². The van der Waals surface area contributed by atoms with Crippen molar-refractivity contribution in [3.05, 3.63) is 33.8 Å². The molecule has 0 radical (unpaired) electrons. The fourth-order valence-electron chi connectivity index (χ4n) is 3.53. The number of halogens is 2. The van der Waals surface area contributed by atoms with Gasteiger partial charge in [0, 0.05) is 19.6 Å². The topological polar surface area (TPSA) is 21.3 Å². The van der Waals surface area contributed by atoms with Crippen LogP contribution in [-0.2, 0) is 4.74 Å². The maximum absolute atomic E-state index is 6.19. The summed E-state index contributed by atoms with van der Waals surface area (Å²) in [7, 11) is 1.85. The molecule has 0 spiro atoms. The van der Waals surface area contributed by atoms with Gasteiger partial charge in [0.15, 0.2) is 0 Å². The van der Waals surface area contributed by atoms with Gasteiger partial charge in [0.05, 0.1) is 16.1 Å². The Morgan fingerprint density at radius 3 is 2.65 bits per heavy atom. The average molecular weight is 314 g/mol. The normalized spacial score (nSPS) is 28.4. The van der Waals surface area contributed by atoms with Crippen molar-refractivity contribution < 1.29 is 4.74 Å². The molecule has 0 bridgehead atoms. The Bertz CT molecular complexity index is 476. The molecule has 0 amide bonds. The summed E-state index contributed by atoms with van der Waals surface area (Å²) in [6, 6.07) is 6.07. The highest BCUT2D eigenvalue weighted by atomic mass is 35.5. The van der Waals surface area contributed by atoms with Crippen LogP contribution < -0.4 is 5.32 Å². The van der Waals surface area contributed by atoms with Crippen molar-refractivity contribution in [2.24, 2.45) is 11.8 Å². The van der Waals surface area contributed by atoms with E-state index in [0.717, 1.165) is 25.4 Å². The molecule has 2 nitrogen and oxygen atoms in total. The van der Waals surface area contributed by atoms with E-state index in [9.17, 15) is 0 Å². The lowest BCUT2D eigenvalue weighted by Gasteiger charge is -2.37. The zero-order chi connectivity index (χ0) is 14.1. The van der Waals surface area contributed by atoms with Crippen molar-refractivity contribution in [3.8, 4) is 0 Å². The van der Waals surface area contributed by atoms with Crippen LogP contribution in [0.5, 0.6) is 0 Å². The molecule has 3 rings (SSSR count). The van der Waals surface area contributed by atoms with Crippen LogP contribution in [0.2, 0.25) is 10.0 Å². The fraction of sp³-hybridized carbons (Fsp3) is 0.625. The predicted octanol–water partition coefficient (Wildman–Crippen LogP) is 4.11. The Kier molecular flexibility index (Phi) is 4.56. The third kappa shape index (κ3) is 2.99. The second-order valence-electron chi connectivity index (χ2n) is 5.97. The van der Waals surface area contributed by atoms with Gasteiger partial charge in [-0.05, 0) is 55.3 Å². The molecule has 1 unspecified atom stereocenters. The number of nitrogens with one attached hydrogen (secondary N) is 1. The van der Waals surface area contributed by atoms with Gasteiger partial charge in [0.1, 0.15) is 0 Å². The van der Waals surface area contributed by atoms with Crippen molar-refractivity contribution in [1.82, 2.24) is 5.32 Å². The molecule has 3 atom stereocenters. The van der Waals surface area contributed by atoms with Gasteiger partial charge in [-0.3, -0.25) is 0 Å². The Labute approximate surface area is 130 Å². The number of rotatable bonds is 4. The lowest BCUT2D eigenvalue weighted by Crippen LogP contribution is -2.43. The van der Waals surface area contributed by atoms with Gasteiger partial charge in [-0.1, -0.05) is 29.3 Å². The summed E-state index contributed by atoms with van der Waals surface area (Å²) in [4.78, 5) is 0. The number of ether oxygens (including phenoxy) is 1. The highest BCUT2D eigenvalue weighted by molar-refractivity contribution is 6.42. The van der Waals surface area contributed by atoms with Gasteiger partial charge in [-0.25, -0.2) is 0 Å². The van der Waals surface area contributed by atoms with E-state index >= 15 is 0 Å². The zero-order valence-corrected chi connectivity index (χ0v) is 13.3. The summed E-state index contributed by atoms with van der Waals surface area (Å²) in [5, 5.41) is 4.80. The number of hydrogen-bond acceptors (Lipinski definition) is 2. The third-order valence-electron chi connectivity index (χ3n) is 4.68. The number of hydrogen-bond donors (Lipinski definition) is 1. The lowest BCUT2D eigenvalue weighted by molar-refractivity contribution is 0.0165. The molecule has 1 saturated carbocycles. The molecule has 20 heavy (non-hydrogen) atoms. The number of piperidine rings is 1. The first-order valence-corrected chi connectivity index (χ1v) is 8.14. The molecular weight excluding hydrogens is 293 g/mol. The van der Waals surface area contributed by atoms with Crippen molar-refractivity contribution in [3.63, 3.8) is 0 Å². The molecule has 110 valence electrons. The second kappa shape index (κ2) is 6.23. The SMILES string of the molecule is COC(C1CC1)[C@H]1CNCC[C@@H]1c1ccc(Cl)c(Cl)c1. The van der Waals surface area contributed by atoms with Gasteiger partial charge in [-0.15, -0.1) is 0 Å². The van der Waals surface area contributed by atoms with Gasteiger partial charge >= 0.3 is 0 Å². The molecule has 1 saturated heterocycles. The van der Waals surface area contributed by atoms with E-state index in [-0.39, 0.29) is 0 Å². The van der Waals surface area contributed by atoms with Crippen LogP contribution >= 0.6 is 23.2 Å². The fourth-order valence-corrected chi connectivity index (χ4v) is 3.83. The molecular formula is C16H21Cl2NO. The van der Waals surface area contributed by atoms with E-state index in [4.69, 9.17) is 27.9 Å². The largest absolute Gasteiger partial charge is 0.381 e. The van der Waals surface area contributed by atoms with E-state index < -0.39 is 0 Å². The monoisotopic (exact) mass is 313 g/mol. The Morgan fingerprint density at radius 2 is 2.00 bits per heavy atom. The predicted molar refractivity (Wildman–Crippen MR) is 83.7 cm³/mol. The van der Waals surface area contributed by atoms with Gasteiger partial charge in [-0.2, -0.15) is 0 Å². The Hall–Kier alpha value is -0.280. The van der Waals surface area contributed by atoms with Crippen LogP contribution in [0.4, 0.5) is 0 Å². The zero-order valence-electron chi connectivity index (χ0n) is 11.7. The Balaban J connectivity index is 1.85. The lowest BCUT2D eigenvalue weighted by atomic mass is 9.77. The van der Waals surface area contributed by atoms with Crippen LogP contribution in [0.15, 0.2) is 18.2 Å². The van der Waals surface area contributed by atoms with Gasteiger partial charge in [0.2, 0.25) is 0 Å². The summed E-state index contributed by atoms with van der Waals surface area (Å²) < 4.78 is 5.82. The highest BCUT2D eigenvalue weighted by Gasteiger charge is 2.41. The van der Waals surface area contributed by atoms with E-state index in [1.54, 1.807) is 0 Å². The van der Waals surface area contributed by atoms with E-state index in [1.807, 2.05) is 19.2 Å². The quantitative estimate of drug-likeness (QED) is 0.903. The minimum atomic E-state index is 0.363. The third-order valence-corrected chi connectivity index (χ3v) is 5.42. The molecule has 1 aliphatic carbocycles. The molecule has 1 aliphatic heterocycles. The first kappa shape index (κ1) is 14.6. The molecule has 2 fully saturated rings. The van der Waals surface area contributed by atoms with Crippen molar-refractivity contribution in [2.45, 2.75) is 31.3 Å². The smallest absolute Gasteiger partial charge is 0.0645 e. The minimum Gasteiger partial charge on any atom is -0.381 e. The highest BCUT2D eigenvalue weighted by Crippen LogP contribution is 2.44. The molecule has 1 aromatic rings. The van der Waals surface area contributed by atoms with E-state index in [1.165, 1.54) is 18.4 Å². The van der Waals surface area contributed by atoms with E-state index in [0.29, 0.717) is 28.0 Å². The molecule has 1 aromatic carbocycles. The summed E-state index contributed by atoms with van der Waals surface area (Å²) in [6.45, 7) is 2.09. The number of benzene rings is 1. The second-order valence-corrected chi connectivity index (χ2v) is 6.79. The van der Waals surface area contributed by atoms with Crippen LogP contribution in [0.25, 0.3) is 0 Å². The Morgan fingerprint density at radius 1 is 1.20 bits per heavy atom. The van der Waals surface area contributed by atoms with Crippen molar-refractivity contribution in [2.75, 3.05) is 20.2 Å².